The van der Waals surface area contributed by atoms with Gasteiger partial charge < -0.3 is 0 Å². The molecule has 0 aromatic heterocycles. The van der Waals surface area contributed by atoms with Crippen molar-refractivity contribution in [3.63, 3.8) is 0 Å². The molecule has 1 atom stereocenters. The first-order valence-electron chi connectivity index (χ1n) is 5.61. The Morgan fingerprint density at radius 3 is 2.00 bits per heavy atom. The third-order valence-electron chi connectivity index (χ3n) is 2.71. The van der Waals surface area contributed by atoms with E-state index in [-0.39, 0.29) is 0 Å². The molecule has 2 rings (SSSR count). The van der Waals surface area contributed by atoms with Crippen LogP contribution < -0.4 is 0 Å². The predicted molar refractivity (Wildman–Crippen MR) is 64.6 cm³/mol. The Balaban J connectivity index is 1.92. The molecule has 0 saturated carbocycles. The maximum atomic E-state index is 11.9. The van der Waals surface area contributed by atoms with E-state index in [1.165, 1.54) is 5.56 Å². The van der Waals surface area contributed by atoms with Crippen LogP contribution in [-0.2, 0) is 11.5 Å². The second-order valence-corrected chi connectivity index (χ2v) is 3.92. The Hall–Kier alpha value is -1.60. The third kappa shape index (κ3) is 2.94. The Kier molecular flexibility index (Phi) is 3.73. The molecule has 2 aromatic rings. The van der Waals surface area contributed by atoms with Crippen LogP contribution in [0.4, 0.5) is 0 Å². The molecule has 0 bridgehead atoms. The Labute approximate surface area is 96.4 Å². The van der Waals surface area contributed by atoms with Crippen molar-refractivity contribution in [1.82, 2.24) is 0 Å². The van der Waals surface area contributed by atoms with Crippen molar-refractivity contribution >= 4 is 0 Å². The fourth-order valence-electron chi connectivity index (χ4n) is 1.78. The van der Waals surface area contributed by atoms with Crippen molar-refractivity contribution < 1.29 is 5.11 Å². The van der Waals surface area contributed by atoms with Crippen LogP contribution in [0.1, 0.15) is 23.7 Å². The summed E-state index contributed by atoms with van der Waals surface area (Å²) in [5, 5.41) is 11.9. The van der Waals surface area contributed by atoms with Crippen molar-refractivity contribution in [1.29, 1.82) is 0 Å². The van der Waals surface area contributed by atoms with E-state index < -0.39 is 6.10 Å². The molecular formula is C15H15O. The average molecular weight is 211 g/mol. The SMILES string of the molecule is [O]C(CCc1ccccc1)c1ccccc1. The predicted octanol–water partition coefficient (Wildman–Crippen LogP) is 3.79. The van der Waals surface area contributed by atoms with Gasteiger partial charge in [-0.25, -0.2) is 5.11 Å². The van der Waals surface area contributed by atoms with Gasteiger partial charge in [0, 0.05) is 0 Å². The lowest BCUT2D eigenvalue weighted by Gasteiger charge is -2.08. The number of hydrogen-bond donors (Lipinski definition) is 0. The van der Waals surface area contributed by atoms with Gasteiger partial charge in [-0.3, -0.25) is 0 Å². The van der Waals surface area contributed by atoms with E-state index in [0.717, 1.165) is 12.0 Å². The maximum Gasteiger partial charge on any atom is 0.118 e. The van der Waals surface area contributed by atoms with Gasteiger partial charge in [-0.2, -0.15) is 0 Å². The summed E-state index contributed by atoms with van der Waals surface area (Å²) in [7, 11) is 0. The molecule has 0 aliphatic rings. The summed E-state index contributed by atoms with van der Waals surface area (Å²) in [5.74, 6) is 0. The van der Waals surface area contributed by atoms with Gasteiger partial charge in [0.25, 0.3) is 0 Å². The molecule has 1 unspecified atom stereocenters. The van der Waals surface area contributed by atoms with Gasteiger partial charge in [0.1, 0.15) is 6.10 Å². The van der Waals surface area contributed by atoms with Gasteiger partial charge >= 0.3 is 0 Å². The van der Waals surface area contributed by atoms with Crippen LogP contribution in [0.25, 0.3) is 0 Å². The Morgan fingerprint density at radius 1 is 0.812 bits per heavy atom. The Morgan fingerprint density at radius 2 is 1.38 bits per heavy atom. The zero-order valence-corrected chi connectivity index (χ0v) is 9.17. The first kappa shape index (κ1) is 10.9. The fourth-order valence-corrected chi connectivity index (χ4v) is 1.78. The minimum absolute atomic E-state index is 0.610. The summed E-state index contributed by atoms with van der Waals surface area (Å²) in [5.41, 5.74) is 2.12. The summed E-state index contributed by atoms with van der Waals surface area (Å²) < 4.78 is 0. The van der Waals surface area contributed by atoms with Gasteiger partial charge in [0.05, 0.1) is 0 Å². The lowest BCUT2D eigenvalue weighted by molar-refractivity contribution is 0.0814. The molecule has 16 heavy (non-hydrogen) atoms. The van der Waals surface area contributed by atoms with Gasteiger partial charge in [0.15, 0.2) is 0 Å². The molecule has 1 radical (unpaired) electrons. The number of aryl methyl sites for hydroxylation is 1. The van der Waals surface area contributed by atoms with E-state index in [1.807, 2.05) is 48.5 Å². The van der Waals surface area contributed by atoms with Crippen molar-refractivity contribution in [3.05, 3.63) is 71.8 Å². The van der Waals surface area contributed by atoms with E-state index in [1.54, 1.807) is 0 Å². The largest absolute Gasteiger partial charge is 0.228 e. The van der Waals surface area contributed by atoms with E-state index >= 15 is 0 Å². The first-order chi connectivity index (χ1) is 7.86. The Bertz CT molecular complexity index is 408. The van der Waals surface area contributed by atoms with E-state index in [9.17, 15) is 5.11 Å². The number of hydrogen-bond acceptors (Lipinski definition) is 0. The minimum Gasteiger partial charge on any atom is -0.228 e. The average Bonchev–Trinajstić information content (AvgIpc) is 2.38. The van der Waals surface area contributed by atoms with Gasteiger partial charge in [-0.05, 0) is 24.0 Å². The van der Waals surface area contributed by atoms with Crippen LogP contribution in [0.3, 0.4) is 0 Å². The molecule has 0 N–H and O–H groups in total. The van der Waals surface area contributed by atoms with Gasteiger partial charge in [0.2, 0.25) is 0 Å². The second kappa shape index (κ2) is 5.47. The van der Waals surface area contributed by atoms with Crippen LogP contribution in [0.5, 0.6) is 0 Å². The third-order valence-corrected chi connectivity index (χ3v) is 2.71. The molecule has 0 fully saturated rings. The monoisotopic (exact) mass is 211 g/mol. The van der Waals surface area contributed by atoms with Crippen molar-refractivity contribution in [3.8, 4) is 0 Å². The highest BCUT2D eigenvalue weighted by molar-refractivity contribution is 5.19. The van der Waals surface area contributed by atoms with Gasteiger partial charge in [-0.1, -0.05) is 60.7 Å². The van der Waals surface area contributed by atoms with Crippen LogP contribution in [0.2, 0.25) is 0 Å². The second-order valence-electron chi connectivity index (χ2n) is 3.92. The molecule has 0 aliphatic heterocycles. The van der Waals surface area contributed by atoms with E-state index in [2.05, 4.69) is 12.1 Å². The summed E-state index contributed by atoms with van der Waals surface area (Å²) in [6.07, 6.45) is 0.902. The summed E-state index contributed by atoms with van der Waals surface area (Å²) in [6, 6.07) is 19.7. The summed E-state index contributed by atoms with van der Waals surface area (Å²) in [4.78, 5) is 0. The maximum absolute atomic E-state index is 11.9. The summed E-state index contributed by atoms with van der Waals surface area (Å²) >= 11 is 0. The smallest absolute Gasteiger partial charge is 0.118 e. The lowest BCUT2D eigenvalue weighted by Crippen LogP contribution is -1.97. The standard InChI is InChI=1S/C15H15O/c16-15(14-9-5-2-6-10-14)12-11-13-7-3-1-4-8-13/h1-10,15H,11-12H2. The lowest BCUT2D eigenvalue weighted by atomic mass is 10.0. The van der Waals surface area contributed by atoms with Gasteiger partial charge in [-0.15, -0.1) is 0 Å². The molecule has 0 aliphatic carbocycles. The fraction of sp³-hybridized carbons (Fsp3) is 0.200. The molecule has 1 heteroatoms. The van der Waals surface area contributed by atoms with Crippen molar-refractivity contribution in [2.75, 3.05) is 0 Å². The molecule has 1 nitrogen and oxygen atoms in total. The van der Waals surface area contributed by atoms with E-state index in [4.69, 9.17) is 0 Å². The van der Waals surface area contributed by atoms with E-state index in [0.29, 0.717) is 6.42 Å². The normalized spacial score (nSPS) is 12.3. The van der Waals surface area contributed by atoms with Crippen LogP contribution in [-0.4, -0.2) is 0 Å². The molecule has 81 valence electrons. The van der Waals surface area contributed by atoms with Crippen LogP contribution in [0, 0.1) is 0 Å². The zero-order valence-electron chi connectivity index (χ0n) is 9.17. The molecule has 0 heterocycles. The highest BCUT2D eigenvalue weighted by atomic mass is 16.3. The van der Waals surface area contributed by atoms with Crippen LogP contribution in [0.15, 0.2) is 60.7 Å². The highest BCUT2D eigenvalue weighted by Crippen LogP contribution is 2.19. The highest BCUT2D eigenvalue weighted by Gasteiger charge is 2.08. The molecule has 0 amide bonds. The topological polar surface area (TPSA) is 19.9 Å². The summed E-state index contributed by atoms with van der Waals surface area (Å²) in [6.45, 7) is 0. The minimum atomic E-state index is -0.610. The van der Waals surface area contributed by atoms with Crippen molar-refractivity contribution in [2.45, 2.75) is 18.9 Å². The molecule has 2 aromatic carbocycles. The number of rotatable bonds is 4. The number of benzene rings is 2. The molecule has 0 saturated heterocycles. The zero-order chi connectivity index (χ0) is 11.2. The first-order valence-corrected chi connectivity index (χ1v) is 5.61. The van der Waals surface area contributed by atoms with Crippen LogP contribution >= 0.6 is 0 Å². The van der Waals surface area contributed by atoms with Crippen molar-refractivity contribution in [2.24, 2.45) is 0 Å². The molecular weight excluding hydrogens is 196 g/mol. The quantitative estimate of drug-likeness (QED) is 0.733. The molecule has 0 spiro atoms.